The Hall–Kier alpha value is -3.23. The van der Waals surface area contributed by atoms with Crippen molar-refractivity contribution in [1.82, 2.24) is 10.3 Å². The number of pyridine rings is 1. The van der Waals surface area contributed by atoms with Gasteiger partial charge in [-0.15, -0.1) is 11.3 Å². The lowest BCUT2D eigenvalue weighted by molar-refractivity contribution is -0.137. The average molecular weight is 456 g/mol. The molecule has 0 unspecified atom stereocenters. The van der Waals surface area contributed by atoms with Gasteiger partial charge in [-0.25, -0.2) is 0 Å². The van der Waals surface area contributed by atoms with Gasteiger partial charge in [0.15, 0.2) is 0 Å². The minimum atomic E-state index is -4.36. The molecule has 0 radical (unpaired) electrons. The summed E-state index contributed by atoms with van der Waals surface area (Å²) in [6.45, 7) is 0.0319. The highest BCUT2D eigenvalue weighted by Crippen LogP contribution is 2.36. The zero-order valence-corrected chi connectivity index (χ0v) is 17.6. The first-order valence-electron chi connectivity index (χ1n) is 9.88. The second-order valence-corrected chi connectivity index (χ2v) is 8.36. The Balaban J connectivity index is 1.61. The topological polar surface area (TPSA) is 62.2 Å². The third-order valence-corrected chi connectivity index (χ3v) is 6.11. The molecule has 2 aromatic heterocycles. The number of hydrogen-bond donors (Lipinski definition) is 2. The van der Waals surface area contributed by atoms with E-state index in [1.54, 1.807) is 18.2 Å². The van der Waals surface area contributed by atoms with Crippen LogP contribution in [0, 0.1) is 0 Å². The molecule has 2 N–H and O–H groups in total. The van der Waals surface area contributed by atoms with E-state index in [9.17, 15) is 18.0 Å². The third kappa shape index (κ3) is 4.81. The van der Waals surface area contributed by atoms with E-state index in [0.717, 1.165) is 26.6 Å². The summed E-state index contributed by atoms with van der Waals surface area (Å²) in [5.41, 5.74) is 1.94. The molecule has 32 heavy (non-hydrogen) atoms. The number of fused-ring (bicyclic) bond motifs is 1. The number of halogens is 3. The van der Waals surface area contributed by atoms with E-state index >= 15 is 0 Å². The number of carbonyl (C=O) groups excluding carboxylic acids is 1. The lowest BCUT2D eigenvalue weighted by Crippen LogP contribution is -2.26. The molecule has 0 saturated carbocycles. The van der Waals surface area contributed by atoms with E-state index < -0.39 is 11.7 Å². The van der Waals surface area contributed by atoms with Gasteiger partial charge in [0, 0.05) is 34.3 Å². The molecule has 4 rings (SSSR count). The number of alkyl halides is 3. The molecule has 2 aromatic carbocycles. The number of aromatic nitrogens is 1. The predicted molar refractivity (Wildman–Crippen MR) is 119 cm³/mol. The standard InChI is InChI=1S/C24H19F3N2O2S/c25-24(26,27)18-5-1-3-15(11-18)12-19-13-16-4-2-6-20(22(16)32-19)21-8-7-17(14-29-21)23(31)28-9-10-30/h1-8,11,13-14,30H,9-10,12H2,(H,28,31). The highest BCUT2D eigenvalue weighted by molar-refractivity contribution is 7.19. The minimum Gasteiger partial charge on any atom is -0.395 e. The molecule has 0 atom stereocenters. The summed E-state index contributed by atoms with van der Waals surface area (Å²) in [5, 5.41) is 12.4. The van der Waals surface area contributed by atoms with E-state index in [1.807, 2.05) is 24.3 Å². The summed E-state index contributed by atoms with van der Waals surface area (Å²) in [7, 11) is 0. The lowest BCUT2D eigenvalue weighted by atomic mass is 10.1. The first kappa shape index (κ1) is 22.0. The molecule has 1 amide bonds. The highest BCUT2D eigenvalue weighted by atomic mass is 32.1. The monoisotopic (exact) mass is 456 g/mol. The summed E-state index contributed by atoms with van der Waals surface area (Å²) in [6.07, 6.45) is -2.48. The molecule has 164 valence electrons. The van der Waals surface area contributed by atoms with Gasteiger partial charge in [-0.3, -0.25) is 9.78 Å². The molecule has 0 aliphatic rings. The molecule has 0 spiro atoms. The summed E-state index contributed by atoms with van der Waals surface area (Å²) >= 11 is 1.52. The number of amides is 1. The van der Waals surface area contributed by atoms with Crippen LogP contribution in [0.4, 0.5) is 13.2 Å². The van der Waals surface area contributed by atoms with Gasteiger partial charge < -0.3 is 10.4 Å². The van der Waals surface area contributed by atoms with Gasteiger partial charge in [0.25, 0.3) is 5.91 Å². The van der Waals surface area contributed by atoms with Crippen molar-refractivity contribution in [1.29, 1.82) is 0 Å². The molecular weight excluding hydrogens is 437 g/mol. The average Bonchev–Trinajstić information content (AvgIpc) is 3.19. The quantitative estimate of drug-likeness (QED) is 0.414. The van der Waals surface area contributed by atoms with Crippen molar-refractivity contribution in [3.8, 4) is 11.3 Å². The molecule has 0 saturated heterocycles. The first-order valence-corrected chi connectivity index (χ1v) is 10.7. The Morgan fingerprint density at radius 1 is 1.06 bits per heavy atom. The molecular formula is C24H19F3N2O2S. The predicted octanol–water partition coefficient (Wildman–Crippen LogP) is 5.30. The fraction of sp³-hybridized carbons (Fsp3) is 0.167. The van der Waals surface area contributed by atoms with Crippen molar-refractivity contribution in [2.24, 2.45) is 0 Å². The number of aliphatic hydroxyl groups excluding tert-OH is 1. The van der Waals surface area contributed by atoms with Gasteiger partial charge in [-0.2, -0.15) is 13.2 Å². The Morgan fingerprint density at radius 2 is 1.88 bits per heavy atom. The number of carbonyl (C=O) groups is 1. The fourth-order valence-corrected chi connectivity index (χ4v) is 4.64. The van der Waals surface area contributed by atoms with Gasteiger partial charge in [0.05, 0.1) is 23.4 Å². The maximum atomic E-state index is 13.0. The number of nitrogens with one attached hydrogen (secondary N) is 1. The largest absolute Gasteiger partial charge is 0.416 e. The number of nitrogens with zero attached hydrogens (tertiary/aromatic N) is 1. The van der Waals surface area contributed by atoms with Crippen molar-refractivity contribution in [3.63, 3.8) is 0 Å². The number of aliphatic hydroxyl groups is 1. The Kier molecular flexibility index (Phi) is 6.25. The number of benzene rings is 2. The van der Waals surface area contributed by atoms with E-state index in [1.165, 1.54) is 29.7 Å². The first-order chi connectivity index (χ1) is 15.3. The van der Waals surface area contributed by atoms with Gasteiger partial charge in [-0.05, 0) is 35.2 Å². The van der Waals surface area contributed by atoms with Gasteiger partial charge in [-0.1, -0.05) is 36.4 Å². The SMILES string of the molecule is O=C(NCCO)c1ccc(-c2cccc3cc(Cc4cccc(C(F)(F)F)c4)sc23)nc1. The maximum Gasteiger partial charge on any atom is 0.416 e. The van der Waals surface area contributed by atoms with Crippen LogP contribution in [0.2, 0.25) is 0 Å². The van der Waals surface area contributed by atoms with E-state index in [2.05, 4.69) is 10.3 Å². The lowest BCUT2D eigenvalue weighted by Gasteiger charge is -2.08. The third-order valence-electron chi connectivity index (χ3n) is 4.93. The maximum absolute atomic E-state index is 13.0. The zero-order valence-electron chi connectivity index (χ0n) is 16.8. The zero-order chi connectivity index (χ0) is 22.7. The van der Waals surface area contributed by atoms with Crippen LogP contribution in [0.5, 0.6) is 0 Å². The Bertz CT molecular complexity index is 1250. The van der Waals surface area contributed by atoms with E-state index in [4.69, 9.17) is 5.11 Å². The Labute approximate surface area is 186 Å². The van der Waals surface area contributed by atoms with Crippen LogP contribution in [0.3, 0.4) is 0 Å². The fourth-order valence-electron chi connectivity index (χ4n) is 3.42. The van der Waals surface area contributed by atoms with Crippen LogP contribution < -0.4 is 5.32 Å². The van der Waals surface area contributed by atoms with E-state index in [-0.39, 0.29) is 19.1 Å². The van der Waals surface area contributed by atoms with Crippen LogP contribution in [0.25, 0.3) is 21.3 Å². The number of thiophene rings is 1. The molecule has 0 aliphatic heterocycles. The van der Waals surface area contributed by atoms with Gasteiger partial charge in [0.2, 0.25) is 0 Å². The molecule has 0 aliphatic carbocycles. The summed E-state index contributed by atoms with van der Waals surface area (Å²) in [4.78, 5) is 17.4. The second kappa shape index (κ2) is 9.10. The molecule has 0 bridgehead atoms. The smallest absolute Gasteiger partial charge is 0.395 e. The molecule has 2 heterocycles. The Morgan fingerprint density at radius 3 is 2.59 bits per heavy atom. The van der Waals surface area contributed by atoms with Crippen molar-refractivity contribution in [3.05, 3.63) is 88.4 Å². The molecule has 4 nitrogen and oxygen atoms in total. The van der Waals surface area contributed by atoms with Crippen LogP contribution in [-0.4, -0.2) is 29.1 Å². The van der Waals surface area contributed by atoms with Crippen LogP contribution in [-0.2, 0) is 12.6 Å². The molecule has 8 heteroatoms. The summed E-state index contributed by atoms with van der Waals surface area (Å²) in [6, 6.07) is 16.6. The summed E-state index contributed by atoms with van der Waals surface area (Å²) < 4.78 is 40.0. The normalized spacial score (nSPS) is 11.6. The number of hydrogen-bond acceptors (Lipinski definition) is 4. The van der Waals surface area contributed by atoms with Crippen molar-refractivity contribution >= 4 is 27.3 Å². The molecule has 0 fully saturated rings. The van der Waals surface area contributed by atoms with Crippen LogP contribution in [0.15, 0.2) is 66.9 Å². The van der Waals surface area contributed by atoms with Crippen molar-refractivity contribution < 1.29 is 23.1 Å². The second-order valence-electron chi connectivity index (χ2n) is 7.22. The highest BCUT2D eigenvalue weighted by Gasteiger charge is 2.30. The van der Waals surface area contributed by atoms with Crippen molar-refractivity contribution in [2.45, 2.75) is 12.6 Å². The van der Waals surface area contributed by atoms with Gasteiger partial charge in [0.1, 0.15) is 0 Å². The van der Waals surface area contributed by atoms with Gasteiger partial charge >= 0.3 is 6.18 Å². The van der Waals surface area contributed by atoms with Crippen LogP contribution in [0.1, 0.15) is 26.4 Å². The van der Waals surface area contributed by atoms with Crippen LogP contribution >= 0.6 is 11.3 Å². The number of rotatable bonds is 6. The minimum absolute atomic E-state index is 0.138. The van der Waals surface area contributed by atoms with Crippen molar-refractivity contribution in [2.75, 3.05) is 13.2 Å². The summed E-state index contributed by atoms with van der Waals surface area (Å²) in [5.74, 6) is -0.309. The molecule has 4 aromatic rings. The van der Waals surface area contributed by atoms with E-state index in [0.29, 0.717) is 23.2 Å².